The smallest absolute Gasteiger partial charge is 0.335 e. The molecule has 2 aromatic carbocycles. The molecule has 0 spiro atoms. The third-order valence-electron chi connectivity index (χ3n) is 4.11. The largest absolute Gasteiger partial charge is 0.478 e. The molecule has 1 aliphatic heterocycles. The molecule has 1 heterocycles. The summed E-state index contributed by atoms with van der Waals surface area (Å²) in [6.07, 6.45) is 5.49. The Bertz CT molecular complexity index is 978. The van der Waals surface area contributed by atoms with E-state index in [9.17, 15) is 9.59 Å². The van der Waals surface area contributed by atoms with Gasteiger partial charge in [0.15, 0.2) is 4.32 Å². The number of hydrogen-bond donors (Lipinski definition) is 1. The molecule has 7 heteroatoms. The van der Waals surface area contributed by atoms with Crippen molar-refractivity contribution in [3.63, 3.8) is 0 Å². The second-order valence-corrected chi connectivity index (χ2v) is 7.91. The standard InChI is InChI=1S/C21H18N2O3S2/c1-22(2)16-10-6-14(7-11-16)4-3-5-18-19(24)23(21(27)28-18)17-12-8-15(9-13-17)20(25)26/h3-13H,1-2H3,(H,25,26)/b4-3+,18-5+. The molecular weight excluding hydrogens is 392 g/mol. The third kappa shape index (κ3) is 4.32. The van der Waals surface area contributed by atoms with Gasteiger partial charge in [-0.15, -0.1) is 0 Å². The Morgan fingerprint density at radius 1 is 1.11 bits per heavy atom. The van der Waals surface area contributed by atoms with Crippen molar-refractivity contribution < 1.29 is 14.7 Å². The number of carbonyl (C=O) groups is 2. The molecule has 1 saturated heterocycles. The molecule has 0 aromatic heterocycles. The van der Waals surface area contributed by atoms with Crippen molar-refractivity contribution in [1.82, 2.24) is 0 Å². The molecule has 1 aliphatic rings. The maximum absolute atomic E-state index is 12.7. The Morgan fingerprint density at radius 2 is 1.75 bits per heavy atom. The van der Waals surface area contributed by atoms with Crippen molar-refractivity contribution in [3.8, 4) is 0 Å². The van der Waals surface area contributed by atoms with E-state index >= 15 is 0 Å². The Kier molecular flexibility index (Phi) is 5.96. The highest BCUT2D eigenvalue weighted by Gasteiger charge is 2.32. The Hall–Kier alpha value is -2.90. The maximum atomic E-state index is 12.7. The van der Waals surface area contributed by atoms with Crippen molar-refractivity contribution in [2.75, 3.05) is 23.9 Å². The third-order valence-corrected chi connectivity index (χ3v) is 5.43. The summed E-state index contributed by atoms with van der Waals surface area (Å²) in [6.45, 7) is 0. The number of benzene rings is 2. The van der Waals surface area contributed by atoms with Crippen LogP contribution in [-0.4, -0.2) is 35.4 Å². The molecule has 0 atom stereocenters. The predicted molar refractivity (Wildman–Crippen MR) is 119 cm³/mol. The normalized spacial score (nSPS) is 15.6. The van der Waals surface area contributed by atoms with E-state index in [1.165, 1.54) is 28.8 Å². The topological polar surface area (TPSA) is 60.9 Å². The van der Waals surface area contributed by atoms with Gasteiger partial charge in [-0.1, -0.05) is 48.3 Å². The number of hydrogen-bond acceptors (Lipinski definition) is 5. The average Bonchev–Trinajstić information content (AvgIpc) is 2.95. The van der Waals surface area contributed by atoms with Gasteiger partial charge in [0, 0.05) is 19.8 Å². The summed E-state index contributed by atoms with van der Waals surface area (Å²) in [5.41, 5.74) is 2.86. The summed E-state index contributed by atoms with van der Waals surface area (Å²) in [7, 11) is 3.98. The summed E-state index contributed by atoms with van der Waals surface area (Å²) >= 11 is 6.55. The number of rotatable bonds is 5. The van der Waals surface area contributed by atoms with Gasteiger partial charge in [-0.3, -0.25) is 9.69 Å². The minimum absolute atomic E-state index is 0.160. The van der Waals surface area contributed by atoms with E-state index in [1.807, 2.05) is 55.4 Å². The van der Waals surface area contributed by atoms with Gasteiger partial charge in [0.05, 0.1) is 16.2 Å². The van der Waals surface area contributed by atoms with Crippen LogP contribution >= 0.6 is 24.0 Å². The van der Waals surface area contributed by atoms with E-state index < -0.39 is 5.97 Å². The van der Waals surface area contributed by atoms with Gasteiger partial charge in [0.2, 0.25) is 0 Å². The number of thiocarbonyl (C=S) groups is 1. The van der Waals surface area contributed by atoms with Crippen LogP contribution in [0, 0.1) is 0 Å². The zero-order valence-corrected chi connectivity index (χ0v) is 17.0. The quantitative estimate of drug-likeness (QED) is 0.582. The van der Waals surface area contributed by atoms with Crippen LogP contribution in [0.4, 0.5) is 11.4 Å². The van der Waals surface area contributed by atoms with Crippen molar-refractivity contribution >= 4 is 57.6 Å². The molecular formula is C21H18N2O3S2. The second-order valence-electron chi connectivity index (χ2n) is 6.24. The van der Waals surface area contributed by atoms with Gasteiger partial charge in [0.25, 0.3) is 5.91 Å². The maximum Gasteiger partial charge on any atom is 0.335 e. The number of thioether (sulfide) groups is 1. The molecule has 1 N–H and O–H groups in total. The highest BCUT2D eigenvalue weighted by atomic mass is 32.2. The molecule has 2 aromatic rings. The monoisotopic (exact) mass is 410 g/mol. The van der Waals surface area contributed by atoms with Crippen LogP contribution in [0.15, 0.2) is 65.6 Å². The number of amides is 1. The van der Waals surface area contributed by atoms with E-state index in [4.69, 9.17) is 17.3 Å². The van der Waals surface area contributed by atoms with Gasteiger partial charge in [-0.25, -0.2) is 4.79 Å². The average molecular weight is 411 g/mol. The van der Waals surface area contributed by atoms with Gasteiger partial charge in [-0.2, -0.15) is 0 Å². The molecule has 0 saturated carbocycles. The summed E-state index contributed by atoms with van der Waals surface area (Å²) in [5.74, 6) is -1.23. The minimum Gasteiger partial charge on any atom is -0.478 e. The number of carbonyl (C=O) groups excluding carboxylic acids is 1. The first-order chi connectivity index (χ1) is 13.4. The van der Waals surface area contributed by atoms with Crippen molar-refractivity contribution in [3.05, 3.63) is 76.7 Å². The highest BCUT2D eigenvalue weighted by molar-refractivity contribution is 8.27. The summed E-state index contributed by atoms with van der Waals surface area (Å²) in [5, 5.41) is 8.99. The van der Waals surface area contributed by atoms with Crippen LogP contribution in [0.3, 0.4) is 0 Å². The Morgan fingerprint density at radius 3 is 2.32 bits per heavy atom. The Balaban J connectivity index is 1.74. The molecule has 0 radical (unpaired) electrons. The van der Waals surface area contributed by atoms with E-state index in [-0.39, 0.29) is 11.5 Å². The SMILES string of the molecule is CN(C)c1ccc(/C=C/C=C2/SC(=S)N(c3ccc(C(=O)O)cc3)C2=O)cc1. The molecule has 1 fully saturated rings. The van der Waals surface area contributed by atoms with Gasteiger partial charge in [0.1, 0.15) is 0 Å². The fourth-order valence-corrected chi connectivity index (χ4v) is 3.84. The first kappa shape index (κ1) is 19.9. The van der Waals surface area contributed by atoms with Crippen LogP contribution < -0.4 is 9.80 Å². The molecule has 142 valence electrons. The number of carboxylic acids is 1. The molecule has 28 heavy (non-hydrogen) atoms. The molecule has 0 aliphatic carbocycles. The molecule has 1 amide bonds. The fourth-order valence-electron chi connectivity index (χ4n) is 2.59. The molecule has 5 nitrogen and oxygen atoms in total. The minimum atomic E-state index is -1.01. The number of anilines is 2. The lowest BCUT2D eigenvalue weighted by molar-refractivity contribution is -0.113. The number of carboxylic acid groups (broad SMARTS) is 1. The Labute approximate surface area is 173 Å². The van der Waals surface area contributed by atoms with Crippen molar-refractivity contribution in [1.29, 1.82) is 0 Å². The van der Waals surface area contributed by atoms with Crippen LogP contribution in [0.25, 0.3) is 6.08 Å². The van der Waals surface area contributed by atoms with Crippen LogP contribution in [0.5, 0.6) is 0 Å². The molecule has 3 rings (SSSR count). The first-order valence-electron chi connectivity index (χ1n) is 8.42. The highest BCUT2D eigenvalue weighted by Crippen LogP contribution is 2.35. The zero-order valence-electron chi connectivity index (χ0n) is 15.3. The van der Waals surface area contributed by atoms with Gasteiger partial charge in [-0.05, 0) is 48.0 Å². The van der Waals surface area contributed by atoms with Crippen LogP contribution in [0.2, 0.25) is 0 Å². The van der Waals surface area contributed by atoms with Gasteiger partial charge >= 0.3 is 5.97 Å². The van der Waals surface area contributed by atoms with Gasteiger partial charge < -0.3 is 10.0 Å². The lowest BCUT2D eigenvalue weighted by atomic mass is 10.2. The van der Waals surface area contributed by atoms with E-state index in [0.29, 0.717) is 14.9 Å². The summed E-state index contributed by atoms with van der Waals surface area (Å²) in [4.78, 5) is 27.6. The lowest BCUT2D eigenvalue weighted by Gasteiger charge is -2.14. The van der Waals surface area contributed by atoms with E-state index in [2.05, 4.69) is 0 Å². The summed E-state index contributed by atoms with van der Waals surface area (Å²) in [6, 6.07) is 14.1. The summed E-state index contributed by atoms with van der Waals surface area (Å²) < 4.78 is 0.420. The molecule has 0 bridgehead atoms. The number of aromatic carboxylic acids is 1. The number of allylic oxidation sites excluding steroid dienone is 2. The van der Waals surface area contributed by atoms with Crippen molar-refractivity contribution in [2.24, 2.45) is 0 Å². The fraction of sp³-hybridized carbons (Fsp3) is 0.0952. The zero-order chi connectivity index (χ0) is 20.3. The van der Waals surface area contributed by atoms with Crippen LogP contribution in [-0.2, 0) is 4.79 Å². The van der Waals surface area contributed by atoms with E-state index in [0.717, 1.165) is 11.3 Å². The van der Waals surface area contributed by atoms with Crippen molar-refractivity contribution in [2.45, 2.75) is 0 Å². The van der Waals surface area contributed by atoms with E-state index in [1.54, 1.807) is 18.2 Å². The predicted octanol–water partition coefficient (Wildman–Crippen LogP) is 4.41. The first-order valence-corrected chi connectivity index (χ1v) is 9.64. The number of nitrogens with zero attached hydrogens (tertiary/aromatic N) is 2. The second kappa shape index (κ2) is 8.41. The van der Waals surface area contributed by atoms with Crippen LogP contribution in [0.1, 0.15) is 15.9 Å². The molecule has 0 unspecified atom stereocenters. The lowest BCUT2D eigenvalue weighted by Crippen LogP contribution is -2.27.